The normalized spacial score (nSPS) is 11.8. The smallest absolute Gasteiger partial charge is 0.123 e. The standard InChI is InChI=1S/C16H15ClN2/c1-12-6-8-13(9-7-12)11-19-16(10-18)14-4-2-3-5-15(14)17/h2-9,16,19H,11H2,1H3. The summed E-state index contributed by atoms with van der Waals surface area (Å²) in [6.45, 7) is 2.70. The molecule has 2 aromatic rings. The van der Waals surface area contributed by atoms with Crippen LogP contribution in [0, 0.1) is 18.3 Å². The van der Waals surface area contributed by atoms with Crippen molar-refractivity contribution in [1.29, 1.82) is 5.26 Å². The second-order valence-corrected chi connectivity index (χ2v) is 4.86. The number of rotatable bonds is 4. The van der Waals surface area contributed by atoms with Gasteiger partial charge in [-0.1, -0.05) is 59.6 Å². The highest BCUT2D eigenvalue weighted by molar-refractivity contribution is 6.31. The Morgan fingerprint density at radius 2 is 1.84 bits per heavy atom. The van der Waals surface area contributed by atoms with Gasteiger partial charge in [-0.25, -0.2) is 0 Å². The van der Waals surface area contributed by atoms with Gasteiger partial charge in [0.2, 0.25) is 0 Å². The van der Waals surface area contributed by atoms with Gasteiger partial charge in [-0.15, -0.1) is 0 Å². The van der Waals surface area contributed by atoms with E-state index >= 15 is 0 Å². The molecule has 3 heteroatoms. The Bertz CT molecular complexity index is 584. The van der Waals surface area contributed by atoms with E-state index in [9.17, 15) is 5.26 Å². The Morgan fingerprint density at radius 1 is 1.16 bits per heavy atom. The number of hydrogen-bond donors (Lipinski definition) is 1. The summed E-state index contributed by atoms with van der Waals surface area (Å²) in [7, 11) is 0. The topological polar surface area (TPSA) is 35.8 Å². The van der Waals surface area contributed by atoms with E-state index in [1.54, 1.807) is 6.07 Å². The van der Waals surface area contributed by atoms with Crippen molar-refractivity contribution in [2.45, 2.75) is 19.5 Å². The van der Waals surface area contributed by atoms with E-state index in [0.717, 1.165) is 11.1 Å². The lowest BCUT2D eigenvalue weighted by Crippen LogP contribution is -2.19. The SMILES string of the molecule is Cc1ccc(CNC(C#N)c2ccccc2Cl)cc1. The van der Waals surface area contributed by atoms with Crippen LogP contribution in [0.1, 0.15) is 22.7 Å². The van der Waals surface area contributed by atoms with Gasteiger partial charge in [0.1, 0.15) is 6.04 Å². The van der Waals surface area contributed by atoms with Crippen LogP contribution in [-0.4, -0.2) is 0 Å². The maximum Gasteiger partial charge on any atom is 0.123 e. The van der Waals surface area contributed by atoms with Gasteiger partial charge in [0.15, 0.2) is 0 Å². The summed E-state index contributed by atoms with van der Waals surface area (Å²) in [5, 5.41) is 13.1. The van der Waals surface area contributed by atoms with Crippen LogP contribution < -0.4 is 5.32 Å². The first kappa shape index (κ1) is 13.6. The van der Waals surface area contributed by atoms with Crippen molar-refractivity contribution in [2.75, 3.05) is 0 Å². The average molecular weight is 271 g/mol. The monoisotopic (exact) mass is 270 g/mol. The van der Waals surface area contributed by atoms with Crippen LogP contribution in [0.2, 0.25) is 5.02 Å². The highest BCUT2D eigenvalue weighted by Gasteiger charge is 2.12. The fourth-order valence-electron chi connectivity index (χ4n) is 1.86. The van der Waals surface area contributed by atoms with Gasteiger partial charge in [-0.3, -0.25) is 5.32 Å². The van der Waals surface area contributed by atoms with Crippen LogP contribution in [0.15, 0.2) is 48.5 Å². The molecule has 1 unspecified atom stereocenters. The summed E-state index contributed by atoms with van der Waals surface area (Å²) in [6.07, 6.45) is 0. The Hall–Kier alpha value is -1.82. The van der Waals surface area contributed by atoms with Crippen LogP contribution in [0.3, 0.4) is 0 Å². The maximum absolute atomic E-state index is 9.25. The number of nitriles is 1. The largest absolute Gasteiger partial charge is 0.294 e. The molecule has 0 radical (unpaired) electrons. The fraction of sp³-hybridized carbons (Fsp3) is 0.188. The summed E-state index contributed by atoms with van der Waals surface area (Å²) in [5.41, 5.74) is 3.20. The second kappa shape index (κ2) is 6.38. The lowest BCUT2D eigenvalue weighted by molar-refractivity contribution is 0.630. The lowest BCUT2D eigenvalue weighted by atomic mass is 10.1. The molecule has 0 heterocycles. The summed E-state index contributed by atoms with van der Waals surface area (Å²) >= 11 is 6.11. The molecule has 0 amide bonds. The minimum Gasteiger partial charge on any atom is -0.294 e. The van der Waals surface area contributed by atoms with Gasteiger partial charge in [0.25, 0.3) is 0 Å². The van der Waals surface area contributed by atoms with Crippen LogP contribution in [-0.2, 0) is 6.54 Å². The molecule has 0 aromatic heterocycles. The third kappa shape index (κ3) is 3.57. The molecule has 0 spiro atoms. The Balaban J connectivity index is 2.07. The van der Waals surface area contributed by atoms with E-state index < -0.39 is 6.04 Å². The molecule has 2 rings (SSSR count). The first-order chi connectivity index (χ1) is 9.20. The number of nitrogens with zero attached hydrogens (tertiary/aromatic N) is 1. The molecule has 19 heavy (non-hydrogen) atoms. The molecule has 2 aromatic carbocycles. The number of hydrogen-bond acceptors (Lipinski definition) is 2. The average Bonchev–Trinajstić information content (AvgIpc) is 2.43. The van der Waals surface area contributed by atoms with Gasteiger partial charge in [0.05, 0.1) is 6.07 Å². The molecule has 96 valence electrons. The molecule has 0 saturated heterocycles. The van der Waals surface area contributed by atoms with Crippen molar-refractivity contribution in [3.63, 3.8) is 0 Å². The van der Waals surface area contributed by atoms with E-state index in [0.29, 0.717) is 11.6 Å². The highest BCUT2D eigenvalue weighted by Crippen LogP contribution is 2.22. The second-order valence-electron chi connectivity index (χ2n) is 4.45. The first-order valence-corrected chi connectivity index (χ1v) is 6.51. The lowest BCUT2D eigenvalue weighted by Gasteiger charge is -2.13. The minimum absolute atomic E-state index is 0.394. The quantitative estimate of drug-likeness (QED) is 0.911. The summed E-state index contributed by atoms with van der Waals surface area (Å²) < 4.78 is 0. The molecule has 2 nitrogen and oxygen atoms in total. The van der Waals surface area contributed by atoms with Crippen molar-refractivity contribution in [1.82, 2.24) is 5.32 Å². The minimum atomic E-state index is -0.394. The molecule has 0 fully saturated rings. The van der Waals surface area contributed by atoms with Crippen LogP contribution in [0.4, 0.5) is 0 Å². The van der Waals surface area contributed by atoms with Crippen LogP contribution in [0.25, 0.3) is 0 Å². The summed E-state index contributed by atoms with van der Waals surface area (Å²) in [5.74, 6) is 0. The third-order valence-corrected chi connectivity index (χ3v) is 3.32. The van der Waals surface area contributed by atoms with Gasteiger partial charge >= 0.3 is 0 Å². The van der Waals surface area contributed by atoms with E-state index in [4.69, 9.17) is 11.6 Å². The number of nitrogens with one attached hydrogen (secondary N) is 1. The zero-order valence-corrected chi connectivity index (χ0v) is 11.5. The predicted octanol–water partition coefficient (Wildman–Crippen LogP) is 4.00. The van der Waals surface area contributed by atoms with Gasteiger partial charge < -0.3 is 0 Å². The maximum atomic E-state index is 9.25. The zero-order valence-electron chi connectivity index (χ0n) is 10.7. The highest BCUT2D eigenvalue weighted by atomic mass is 35.5. The van der Waals surface area contributed by atoms with Crippen molar-refractivity contribution >= 4 is 11.6 Å². The number of halogens is 1. The molecule has 1 N–H and O–H groups in total. The molecule has 0 aliphatic heterocycles. The van der Waals surface area contributed by atoms with Crippen molar-refractivity contribution in [2.24, 2.45) is 0 Å². The van der Waals surface area contributed by atoms with Crippen molar-refractivity contribution in [3.05, 3.63) is 70.2 Å². The summed E-state index contributed by atoms with van der Waals surface area (Å²) in [4.78, 5) is 0. The third-order valence-electron chi connectivity index (χ3n) is 2.98. The summed E-state index contributed by atoms with van der Waals surface area (Å²) in [6, 6.07) is 17.5. The van der Waals surface area contributed by atoms with E-state index in [1.165, 1.54) is 5.56 Å². The Labute approximate surface area is 118 Å². The fourth-order valence-corrected chi connectivity index (χ4v) is 2.11. The van der Waals surface area contributed by atoms with Crippen LogP contribution in [0.5, 0.6) is 0 Å². The van der Waals surface area contributed by atoms with E-state index in [1.807, 2.05) is 18.2 Å². The number of aryl methyl sites for hydroxylation is 1. The van der Waals surface area contributed by atoms with Crippen molar-refractivity contribution < 1.29 is 0 Å². The van der Waals surface area contributed by atoms with E-state index in [2.05, 4.69) is 42.6 Å². The van der Waals surface area contributed by atoms with Gasteiger partial charge in [0, 0.05) is 17.1 Å². The molecule has 0 aliphatic rings. The molecule has 0 bridgehead atoms. The predicted molar refractivity (Wildman–Crippen MR) is 77.8 cm³/mol. The zero-order chi connectivity index (χ0) is 13.7. The van der Waals surface area contributed by atoms with Gasteiger partial charge in [-0.05, 0) is 18.6 Å². The molecular weight excluding hydrogens is 256 g/mol. The van der Waals surface area contributed by atoms with Crippen LogP contribution >= 0.6 is 11.6 Å². The number of benzene rings is 2. The van der Waals surface area contributed by atoms with Crippen molar-refractivity contribution in [3.8, 4) is 6.07 Å². The Kier molecular flexibility index (Phi) is 4.57. The molecular formula is C16H15ClN2. The molecule has 1 atom stereocenters. The molecule has 0 aliphatic carbocycles. The Morgan fingerprint density at radius 3 is 2.47 bits per heavy atom. The molecule has 0 saturated carbocycles. The first-order valence-electron chi connectivity index (χ1n) is 6.13. The van der Waals surface area contributed by atoms with E-state index in [-0.39, 0.29) is 0 Å². The van der Waals surface area contributed by atoms with Gasteiger partial charge in [-0.2, -0.15) is 5.26 Å².